The summed E-state index contributed by atoms with van der Waals surface area (Å²) in [5, 5.41) is 1.60. The Hall–Kier alpha value is -2.48. The van der Waals surface area contributed by atoms with Crippen molar-refractivity contribution < 1.29 is 8.42 Å². The molecule has 5 rings (SSSR count). The third-order valence-corrected chi connectivity index (χ3v) is 7.75. The number of rotatable bonds is 2. The van der Waals surface area contributed by atoms with Crippen LogP contribution in [0.1, 0.15) is 11.1 Å². The lowest BCUT2D eigenvalue weighted by Gasteiger charge is -2.31. The van der Waals surface area contributed by atoms with Gasteiger partial charge in [-0.25, -0.2) is 8.42 Å². The largest absolute Gasteiger partial charge is 0.321 e. The lowest BCUT2D eigenvalue weighted by Crippen LogP contribution is -2.47. The Balaban J connectivity index is 1.57. The standard InChI is InChI=1S/C21H21N3O3S/c1-23-8-10-24(11-9-23)28(26,27)15-6-7-16-14(12-15)13-19-17-4-2-3-5-18(17)21(25)22-20(16)19/h2-7,12H,8-11,13H2,1H3,(H,22,25). The average molecular weight is 395 g/mol. The van der Waals surface area contributed by atoms with Crippen molar-refractivity contribution in [2.45, 2.75) is 11.3 Å². The van der Waals surface area contributed by atoms with Crippen LogP contribution >= 0.6 is 0 Å². The number of pyridine rings is 1. The molecule has 1 aliphatic carbocycles. The number of aromatic nitrogens is 1. The summed E-state index contributed by atoms with van der Waals surface area (Å²) in [4.78, 5) is 17.9. The molecule has 1 N–H and O–H groups in total. The van der Waals surface area contributed by atoms with E-state index in [1.54, 1.807) is 16.4 Å². The smallest absolute Gasteiger partial charge is 0.256 e. The Labute approximate surface area is 163 Å². The number of nitrogens with zero attached hydrogens (tertiary/aromatic N) is 2. The maximum absolute atomic E-state index is 13.1. The van der Waals surface area contributed by atoms with Crippen molar-refractivity contribution in [3.8, 4) is 11.3 Å². The summed E-state index contributed by atoms with van der Waals surface area (Å²) in [5.74, 6) is 0. The molecule has 7 heteroatoms. The van der Waals surface area contributed by atoms with E-state index in [-0.39, 0.29) is 5.56 Å². The lowest BCUT2D eigenvalue weighted by molar-refractivity contribution is 0.222. The van der Waals surface area contributed by atoms with Crippen molar-refractivity contribution in [2.24, 2.45) is 0 Å². The number of aromatic amines is 1. The monoisotopic (exact) mass is 395 g/mol. The highest BCUT2D eigenvalue weighted by Gasteiger charge is 2.30. The number of piperazine rings is 1. The highest BCUT2D eigenvalue weighted by molar-refractivity contribution is 7.89. The molecule has 0 atom stereocenters. The molecule has 0 unspecified atom stereocenters. The molecule has 0 saturated carbocycles. The van der Waals surface area contributed by atoms with Crippen LogP contribution in [-0.2, 0) is 16.4 Å². The second kappa shape index (κ2) is 6.27. The second-order valence-corrected chi connectivity index (χ2v) is 9.49. The highest BCUT2D eigenvalue weighted by Crippen LogP contribution is 2.39. The first kappa shape index (κ1) is 17.6. The summed E-state index contributed by atoms with van der Waals surface area (Å²) in [6.45, 7) is 2.49. The van der Waals surface area contributed by atoms with Crippen molar-refractivity contribution in [1.29, 1.82) is 0 Å². The number of hydrogen-bond acceptors (Lipinski definition) is 4. The van der Waals surface area contributed by atoms with Gasteiger partial charge >= 0.3 is 0 Å². The van der Waals surface area contributed by atoms with Gasteiger partial charge in [-0.1, -0.05) is 24.3 Å². The first-order valence-corrected chi connectivity index (χ1v) is 10.8. The maximum Gasteiger partial charge on any atom is 0.256 e. The highest BCUT2D eigenvalue weighted by atomic mass is 32.2. The van der Waals surface area contributed by atoms with Crippen LogP contribution in [0, 0.1) is 0 Å². The molecule has 3 aromatic rings. The van der Waals surface area contributed by atoms with E-state index >= 15 is 0 Å². The zero-order valence-corrected chi connectivity index (χ0v) is 16.4. The topological polar surface area (TPSA) is 73.5 Å². The number of benzene rings is 2. The van der Waals surface area contributed by atoms with E-state index in [9.17, 15) is 13.2 Å². The molecule has 28 heavy (non-hydrogen) atoms. The van der Waals surface area contributed by atoms with E-state index < -0.39 is 10.0 Å². The Bertz CT molecular complexity index is 1260. The zero-order valence-electron chi connectivity index (χ0n) is 15.6. The van der Waals surface area contributed by atoms with Gasteiger partial charge < -0.3 is 9.88 Å². The van der Waals surface area contributed by atoms with Crippen LogP contribution in [0.15, 0.2) is 52.2 Å². The molecule has 1 aliphatic heterocycles. The molecule has 144 valence electrons. The number of sulfonamides is 1. The Kier molecular flexibility index (Phi) is 3.94. The lowest BCUT2D eigenvalue weighted by atomic mass is 10.0. The Morgan fingerprint density at radius 1 is 0.964 bits per heavy atom. The first-order valence-electron chi connectivity index (χ1n) is 9.41. The van der Waals surface area contributed by atoms with E-state index in [4.69, 9.17) is 0 Å². The molecule has 0 amide bonds. The maximum atomic E-state index is 13.1. The molecule has 6 nitrogen and oxygen atoms in total. The summed E-state index contributed by atoms with van der Waals surface area (Å²) < 4.78 is 27.7. The van der Waals surface area contributed by atoms with Gasteiger partial charge in [0.25, 0.3) is 5.56 Å². The van der Waals surface area contributed by atoms with E-state index in [0.717, 1.165) is 40.9 Å². The van der Waals surface area contributed by atoms with E-state index in [0.29, 0.717) is 29.8 Å². The average Bonchev–Trinajstić information content (AvgIpc) is 3.06. The van der Waals surface area contributed by atoms with Gasteiger partial charge in [-0.05, 0) is 41.8 Å². The summed E-state index contributed by atoms with van der Waals surface area (Å²) in [5.41, 5.74) is 3.60. The van der Waals surface area contributed by atoms with Crippen LogP contribution in [0.5, 0.6) is 0 Å². The second-order valence-electron chi connectivity index (χ2n) is 7.56. The van der Waals surface area contributed by atoms with Crippen LogP contribution in [0.25, 0.3) is 22.0 Å². The van der Waals surface area contributed by atoms with E-state index in [1.807, 2.05) is 37.4 Å². The summed E-state index contributed by atoms with van der Waals surface area (Å²) in [6, 6.07) is 12.8. The predicted molar refractivity (Wildman–Crippen MR) is 109 cm³/mol. The van der Waals surface area contributed by atoms with Crippen molar-refractivity contribution >= 4 is 20.8 Å². The molecule has 0 bridgehead atoms. The van der Waals surface area contributed by atoms with Crippen molar-refractivity contribution in [3.05, 3.63) is 63.9 Å². The SMILES string of the molecule is CN1CCN(S(=O)(=O)c2ccc3c(c2)Cc2c-3[nH]c(=O)c3ccccc23)CC1. The molecule has 0 radical (unpaired) electrons. The fourth-order valence-corrected chi connectivity index (χ4v) is 5.71. The number of nitrogens with one attached hydrogen (secondary N) is 1. The molecule has 1 saturated heterocycles. The quantitative estimate of drug-likeness (QED) is 0.564. The number of likely N-dealkylation sites (N-methyl/N-ethyl adjacent to an activating group) is 1. The summed E-state index contributed by atoms with van der Waals surface area (Å²) in [6.07, 6.45) is 0.619. The van der Waals surface area contributed by atoms with Crippen LogP contribution < -0.4 is 5.56 Å². The van der Waals surface area contributed by atoms with Crippen molar-refractivity contribution in [3.63, 3.8) is 0 Å². The first-order chi connectivity index (χ1) is 13.4. The summed E-state index contributed by atoms with van der Waals surface area (Å²) in [7, 11) is -1.51. The van der Waals surface area contributed by atoms with Gasteiger partial charge in [0, 0.05) is 43.5 Å². The van der Waals surface area contributed by atoms with E-state index in [2.05, 4.69) is 9.88 Å². The molecule has 2 aromatic carbocycles. The molecule has 2 heterocycles. The molecular weight excluding hydrogens is 374 g/mol. The van der Waals surface area contributed by atoms with Crippen molar-refractivity contribution in [1.82, 2.24) is 14.2 Å². The third-order valence-electron chi connectivity index (χ3n) is 5.85. The Morgan fingerprint density at radius 3 is 2.43 bits per heavy atom. The van der Waals surface area contributed by atoms with E-state index in [1.165, 1.54) is 0 Å². The van der Waals surface area contributed by atoms with Gasteiger partial charge in [-0.2, -0.15) is 4.31 Å². The number of hydrogen-bond donors (Lipinski definition) is 1. The van der Waals surface area contributed by atoms with Crippen LogP contribution in [0.2, 0.25) is 0 Å². The molecule has 1 aromatic heterocycles. The molecular formula is C21H21N3O3S. The fourth-order valence-electron chi connectivity index (χ4n) is 4.24. The minimum Gasteiger partial charge on any atom is -0.321 e. The van der Waals surface area contributed by atoms with Crippen LogP contribution in [0.3, 0.4) is 0 Å². The normalized spacial score (nSPS) is 17.6. The number of H-pyrrole nitrogens is 1. The van der Waals surface area contributed by atoms with Gasteiger partial charge in [-0.3, -0.25) is 4.79 Å². The van der Waals surface area contributed by atoms with Gasteiger partial charge in [0.2, 0.25) is 10.0 Å². The molecule has 0 spiro atoms. The zero-order chi connectivity index (χ0) is 19.5. The van der Waals surface area contributed by atoms with Gasteiger partial charge in [0.1, 0.15) is 0 Å². The third kappa shape index (κ3) is 2.62. The molecule has 2 aliphatic rings. The minimum atomic E-state index is -3.51. The van der Waals surface area contributed by atoms with Crippen LogP contribution in [0.4, 0.5) is 0 Å². The van der Waals surface area contributed by atoms with Crippen molar-refractivity contribution in [2.75, 3.05) is 33.2 Å². The van der Waals surface area contributed by atoms with Gasteiger partial charge in [0.05, 0.1) is 10.6 Å². The number of fused-ring (bicyclic) bond motifs is 5. The minimum absolute atomic E-state index is 0.115. The Morgan fingerprint density at radius 2 is 1.68 bits per heavy atom. The summed E-state index contributed by atoms with van der Waals surface area (Å²) >= 11 is 0. The van der Waals surface area contributed by atoms with Crippen LogP contribution in [-0.4, -0.2) is 55.8 Å². The van der Waals surface area contributed by atoms with Gasteiger partial charge in [-0.15, -0.1) is 0 Å². The predicted octanol–water partition coefficient (Wildman–Crippen LogP) is 2.04. The fraction of sp³-hybridized carbons (Fsp3) is 0.286. The van der Waals surface area contributed by atoms with Gasteiger partial charge in [0.15, 0.2) is 0 Å². The molecule has 1 fully saturated rings.